The maximum atomic E-state index is 11.4. The maximum Gasteiger partial charge on any atom is 0.270 e. The standard InChI is InChI=1S/C26H27N3O4/c30-29(31)24-15-22(26-23(16-24)18-32-19-33-26)17-27-11-13-28(14-12-27)25(20-7-3-1-4-8-20)21-9-5-2-6-10-21/h1-10,15-16,25H,11-14,17-19H2. The fourth-order valence-corrected chi connectivity index (χ4v) is 4.81. The predicted octanol–water partition coefficient (Wildman–Crippen LogP) is 4.37. The lowest BCUT2D eigenvalue weighted by molar-refractivity contribution is -0.385. The van der Waals surface area contributed by atoms with E-state index < -0.39 is 0 Å². The molecule has 33 heavy (non-hydrogen) atoms. The molecule has 0 amide bonds. The molecule has 0 radical (unpaired) electrons. The molecule has 0 unspecified atom stereocenters. The molecule has 7 heteroatoms. The molecule has 5 rings (SSSR count). The van der Waals surface area contributed by atoms with Crippen LogP contribution in [-0.4, -0.2) is 47.7 Å². The third-order valence-electron chi connectivity index (χ3n) is 6.38. The average molecular weight is 446 g/mol. The zero-order valence-electron chi connectivity index (χ0n) is 18.4. The van der Waals surface area contributed by atoms with Gasteiger partial charge in [-0.05, 0) is 11.1 Å². The fourth-order valence-electron chi connectivity index (χ4n) is 4.81. The molecule has 2 aliphatic rings. The van der Waals surface area contributed by atoms with Gasteiger partial charge in [0.1, 0.15) is 5.75 Å². The van der Waals surface area contributed by atoms with Gasteiger partial charge in [0.25, 0.3) is 5.69 Å². The summed E-state index contributed by atoms with van der Waals surface area (Å²) in [5.41, 5.74) is 4.28. The first kappa shape index (κ1) is 21.6. The summed E-state index contributed by atoms with van der Waals surface area (Å²) in [5.74, 6) is 0.737. The Hall–Kier alpha value is -3.26. The zero-order chi connectivity index (χ0) is 22.6. The molecule has 0 aromatic heterocycles. The number of benzene rings is 3. The number of fused-ring (bicyclic) bond motifs is 1. The predicted molar refractivity (Wildman–Crippen MR) is 125 cm³/mol. The van der Waals surface area contributed by atoms with Crippen LogP contribution in [0, 0.1) is 10.1 Å². The van der Waals surface area contributed by atoms with Crippen LogP contribution < -0.4 is 4.74 Å². The van der Waals surface area contributed by atoms with E-state index in [4.69, 9.17) is 9.47 Å². The molecule has 0 saturated carbocycles. The van der Waals surface area contributed by atoms with E-state index in [-0.39, 0.29) is 23.4 Å². The van der Waals surface area contributed by atoms with Gasteiger partial charge in [-0.1, -0.05) is 60.7 Å². The minimum absolute atomic E-state index is 0.0877. The van der Waals surface area contributed by atoms with E-state index >= 15 is 0 Å². The van der Waals surface area contributed by atoms with Crippen LogP contribution in [0.1, 0.15) is 28.3 Å². The quantitative estimate of drug-likeness (QED) is 0.415. The smallest absolute Gasteiger partial charge is 0.270 e. The van der Waals surface area contributed by atoms with Gasteiger partial charge in [0.15, 0.2) is 6.79 Å². The third-order valence-corrected chi connectivity index (χ3v) is 6.38. The van der Waals surface area contributed by atoms with Crippen molar-refractivity contribution >= 4 is 5.69 Å². The monoisotopic (exact) mass is 445 g/mol. The molecule has 0 atom stereocenters. The fraction of sp³-hybridized carbons (Fsp3) is 0.308. The molecule has 1 fully saturated rings. The van der Waals surface area contributed by atoms with E-state index in [1.807, 2.05) is 0 Å². The van der Waals surface area contributed by atoms with E-state index in [9.17, 15) is 10.1 Å². The number of nitrogens with zero attached hydrogens (tertiary/aromatic N) is 3. The Labute approximate surface area is 193 Å². The summed E-state index contributed by atoms with van der Waals surface area (Å²) in [6.07, 6.45) is 0. The molecule has 0 spiro atoms. The van der Waals surface area contributed by atoms with Gasteiger partial charge >= 0.3 is 0 Å². The van der Waals surface area contributed by atoms with E-state index in [2.05, 4.69) is 70.5 Å². The van der Waals surface area contributed by atoms with Gasteiger partial charge in [0.05, 0.1) is 17.6 Å². The van der Waals surface area contributed by atoms with Crippen LogP contribution in [0.2, 0.25) is 0 Å². The molecule has 0 bridgehead atoms. The Morgan fingerprint density at radius 2 is 1.55 bits per heavy atom. The lowest BCUT2D eigenvalue weighted by atomic mass is 9.96. The molecule has 170 valence electrons. The first-order valence-electron chi connectivity index (χ1n) is 11.3. The highest BCUT2D eigenvalue weighted by Crippen LogP contribution is 2.34. The second-order valence-electron chi connectivity index (χ2n) is 8.50. The number of ether oxygens (including phenoxy) is 2. The molecular weight excluding hydrogens is 418 g/mol. The van der Waals surface area contributed by atoms with Crippen LogP contribution in [0.4, 0.5) is 5.69 Å². The van der Waals surface area contributed by atoms with E-state index in [1.54, 1.807) is 12.1 Å². The first-order chi connectivity index (χ1) is 16.2. The number of piperazine rings is 1. The van der Waals surface area contributed by atoms with Crippen LogP contribution in [0.25, 0.3) is 0 Å². The Morgan fingerprint density at radius 3 is 2.15 bits per heavy atom. The van der Waals surface area contributed by atoms with Gasteiger partial charge in [0.2, 0.25) is 0 Å². The van der Waals surface area contributed by atoms with Crippen molar-refractivity contribution in [2.45, 2.75) is 19.2 Å². The summed E-state index contributed by atoms with van der Waals surface area (Å²) in [5, 5.41) is 11.4. The van der Waals surface area contributed by atoms with Crippen molar-refractivity contribution in [3.05, 3.63) is 105 Å². The summed E-state index contributed by atoms with van der Waals surface area (Å²) < 4.78 is 11.1. The molecule has 2 aliphatic heterocycles. The van der Waals surface area contributed by atoms with Crippen molar-refractivity contribution in [2.75, 3.05) is 33.0 Å². The SMILES string of the molecule is O=[N+]([O-])c1cc2c(c(CN3CCN(C(c4ccccc4)c4ccccc4)CC3)c1)OCOC2. The largest absolute Gasteiger partial charge is 0.467 e. The van der Waals surface area contributed by atoms with Crippen LogP contribution in [0.3, 0.4) is 0 Å². The molecular formula is C26H27N3O4. The van der Waals surface area contributed by atoms with Crippen LogP contribution in [0.5, 0.6) is 5.75 Å². The topological polar surface area (TPSA) is 68.1 Å². The van der Waals surface area contributed by atoms with Crippen molar-refractivity contribution in [1.29, 1.82) is 0 Å². The number of rotatable bonds is 6. The molecule has 0 aliphatic carbocycles. The molecule has 0 N–H and O–H groups in total. The minimum Gasteiger partial charge on any atom is -0.467 e. The zero-order valence-corrected chi connectivity index (χ0v) is 18.4. The van der Waals surface area contributed by atoms with Crippen molar-refractivity contribution in [3.8, 4) is 5.75 Å². The first-order valence-corrected chi connectivity index (χ1v) is 11.3. The second-order valence-corrected chi connectivity index (χ2v) is 8.50. The Morgan fingerprint density at radius 1 is 0.909 bits per heavy atom. The van der Waals surface area contributed by atoms with E-state index in [0.717, 1.165) is 43.1 Å². The summed E-state index contributed by atoms with van der Waals surface area (Å²) in [7, 11) is 0. The third kappa shape index (κ3) is 4.75. The van der Waals surface area contributed by atoms with Crippen LogP contribution >= 0.6 is 0 Å². The van der Waals surface area contributed by atoms with E-state index in [1.165, 1.54) is 11.1 Å². The lowest BCUT2D eigenvalue weighted by Crippen LogP contribution is -2.47. The Balaban J connectivity index is 1.33. The van der Waals surface area contributed by atoms with Crippen molar-refractivity contribution in [1.82, 2.24) is 9.80 Å². The molecule has 3 aromatic carbocycles. The van der Waals surface area contributed by atoms with Gasteiger partial charge in [0, 0.05) is 56.0 Å². The summed E-state index contributed by atoms with van der Waals surface area (Å²) in [4.78, 5) is 15.9. The van der Waals surface area contributed by atoms with Gasteiger partial charge in [-0.15, -0.1) is 0 Å². The van der Waals surface area contributed by atoms with Crippen molar-refractivity contribution in [3.63, 3.8) is 0 Å². The highest BCUT2D eigenvalue weighted by Gasteiger charge is 2.28. The number of nitro benzene ring substituents is 1. The normalized spacial score (nSPS) is 16.9. The number of non-ortho nitro benzene ring substituents is 1. The highest BCUT2D eigenvalue weighted by molar-refractivity contribution is 5.50. The van der Waals surface area contributed by atoms with Gasteiger partial charge in [-0.3, -0.25) is 19.9 Å². The molecule has 2 heterocycles. The van der Waals surface area contributed by atoms with Crippen molar-refractivity contribution < 1.29 is 14.4 Å². The van der Waals surface area contributed by atoms with Crippen LogP contribution in [0.15, 0.2) is 72.8 Å². The average Bonchev–Trinajstić information content (AvgIpc) is 2.86. The number of nitro groups is 1. The van der Waals surface area contributed by atoms with E-state index in [0.29, 0.717) is 13.2 Å². The Bertz CT molecular complexity index is 1060. The number of hydrogen-bond donors (Lipinski definition) is 0. The Kier molecular flexibility index (Phi) is 6.35. The lowest BCUT2D eigenvalue weighted by Gasteiger charge is -2.40. The summed E-state index contributed by atoms with van der Waals surface area (Å²) in [6.45, 7) is 4.73. The van der Waals surface area contributed by atoms with Gasteiger partial charge in [-0.2, -0.15) is 0 Å². The minimum atomic E-state index is -0.347. The number of hydrogen-bond acceptors (Lipinski definition) is 6. The molecule has 7 nitrogen and oxygen atoms in total. The highest BCUT2D eigenvalue weighted by atomic mass is 16.7. The summed E-state index contributed by atoms with van der Waals surface area (Å²) >= 11 is 0. The second kappa shape index (κ2) is 9.70. The van der Waals surface area contributed by atoms with Gasteiger partial charge in [-0.25, -0.2) is 0 Å². The maximum absolute atomic E-state index is 11.4. The van der Waals surface area contributed by atoms with Crippen molar-refractivity contribution in [2.24, 2.45) is 0 Å². The molecule has 3 aromatic rings. The van der Waals surface area contributed by atoms with Gasteiger partial charge < -0.3 is 9.47 Å². The summed E-state index contributed by atoms with van der Waals surface area (Å²) in [6, 6.07) is 24.7. The molecule has 1 saturated heterocycles. The van der Waals surface area contributed by atoms with Crippen LogP contribution in [-0.2, 0) is 17.9 Å².